The van der Waals surface area contributed by atoms with Crippen LogP contribution in [-0.2, 0) is 22.6 Å². The number of ether oxygens (including phenoxy) is 2. The second kappa shape index (κ2) is 14.5. The number of benzene rings is 1. The number of nitrogens with zero attached hydrogens (tertiary/aromatic N) is 1. The van der Waals surface area contributed by atoms with Crippen molar-refractivity contribution in [2.45, 2.75) is 20.1 Å². The van der Waals surface area contributed by atoms with Crippen LogP contribution in [0.5, 0.6) is 0 Å². The number of hydrogen-bond donors (Lipinski definition) is 2. The predicted octanol–water partition coefficient (Wildman–Crippen LogP) is 2.71. The normalized spacial score (nSPS) is 10.8. The molecule has 23 heavy (non-hydrogen) atoms. The molecular formula is C17H28IN3O2. The highest BCUT2D eigenvalue weighted by Crippen LogP contribution is 2.06. The van der Waals surface area contributed by atoms with E-state index in [-0.39, 0.29) is 24.0 Å². The van der Waals surface area contributed by atoms with E-state index in [0.717, 1.165) is 18.1 Å². The van der Waals surface area contributed by atoms with E-state index < -0.39 is 0 Å². The molecule has 0 spiro atoms. The smallest absolute Gasteiger partial charge is 0.191 e. The lowest BCUT2D eigenvalue weighted by Crippen LogP contribution is -2.36. The van der Waals surface area contributed by atoms with E-state index in [0.29, 0.717) is 32.9 Å². The largest absolute Gasteiger partial charge is 0.379 e. The Labute approximate surface area is 156 Å². The first-order valence-electron chi connectivity index (χ1n) is 7.58. The van der Waals surface area contributed by atoms with Crippen molar-refractivity contribution in [1.82, 2.24) is 10.6 Å². The van der Waals surface area contributed by atoms with Crippen LogP contribution in [0, 0.1) is 0 Å². The van der Waals surface area contributed by atoms with E-state index in [2.05, 4.69) is 40.4 Å². The second-order valence-electron chi connectivity index (χ2n) is 4.66. The first-order valence-corrected chi connectivity index (χ1v) is 7.58. The first-order chi connectivity index (χ1) is 10.8. The highest BCUT2D eigenvalue weighted by molar-refractivity contribution is 14.0. The molecule has 1 aromatic carbocycles. The second-order valence-corrected chi connectivity index (χ2v) is 4.66. The van der Waals surface area contributed by atoms with Crippen molar-refractivity contribution < 1.29 is 9.47 Å². The lowest BCUT2D eigenvalue weighted by atomic mass is 10.1. The third-order valence-corrected chi connectivity index (χ3v) is 2.93. The number of guanidine groups is 1. The summed E-state index contributed by atoms with van der Waals surface area (Å²) in [5, 5.41) is 6.40. The number of hydrogen-bond acceptors (Lipinski definition) is 3. The van der Waals surface area contributed by atoms with Crippen LogP contribution in [0.2, 0.25) is 0 Å². The zero-order chi connectivity index (χ0) is 16.0. The molecule has 5 nitrogen and oxygen atoms in total. The predicted molar refractivity (Wildman–Crippen MR) is 106 cm³/mol. The van der Waals surface area contributed by atoms with Gasteiger partial charge in [0, 0.05) is 26.7 Å². The zero-order valence-electron chi connectivity index (χ0n) is 14.0. The molecule has 0 unspecified atom stereocenters. The molecule has 0 aliphatic rings. The fourth-order valence-corrected chi connectivity index (χ4v) is 1.86. The SMILES string of the molecule is C=CCNC(=NC)NCc1cccc(COCCOCC)c1.I. The highest BCUT2D eigenvalue weighted by Gasteiger charge is 1.99. The molecule has 0 bridgehead atoms. The van der Waals surface area contributed by atoms with Gasteiger partial charge in [0.05, 0.1) is 19.8 Å². The summed E-state index contributed by atoms with van der Waals surface area (Å²) in [5.74, 6) is 0.762. The Kier molecular flexibility index (Phi) is 13.8. The van der Waals surface area contributed by atoms with E-state index in [9.17, 15) is 0 Å². The Morgan fingerprint density at radius 1 is 1.22 bits per heavy atom. The van der Waals surface area contributed by atoms with E-state index in [1.807, 2.05) is 13.0 Å². The van der Waals surface area contributed by atoms with Crippen LogP contribution in [0.1, 0.15) is 18.1 Å². The lowest BCUT2D eigenvalue weighted by Gasteiger charge is -2.11. The van der Waals surface area contributed by atoms with Crippen molar-refractivity contribution in [3.8, 4) is 0 Å². The van der Waals surface area contributed by atoms with E-state index >= 15 is 0 Å². The molecule has 0 saturated carbocycles. The van der Waals surface area contributed by atoms with Crippen molar-refractivity contribution in [3.63, 3.8) is 0 Å². The van der Waals surface area contributed by atoms with Gasteiger partial charge in [0.15, 0.2) is 5.96 Å². The van der Waals surface area contributed by atoms with E-state index in [4.69, 9.17) is 9.47 Å². The van der Waals surface area contributed by atoms with Gasteiger partial charge >= 0.3 is 0 Å². The summed E-state index contributed by atoms with van der Waals surface area (Å²) in [6, 6.07) is 8.32. The Balaban J connectivity index is 0.00000484. The average Bonchev–Trinajstić information content (AvgIpc) is 2.55. The molecule has 2 N–H and O–H groups in total. The molecule has 0 radical (unpaired) electrons. The van der Waals surface area contributed by atoms with Gasteiger partial charge < -0.3 is 20.1 Å². The Morgan fingerprint density at radius 3 is 2.65 bits per heavy atom. The Morgan fingerprint density at radius 2 is 1.96 bits per heavy atom. The van der Waals surface area contributed by atoms with Gasteiger partial charge in [-0.3, -0.25) is 4.99 Å². The van der Waals surface area contributed by atoms with Gasteiger partial charge in [-0.1, -0.05) is 30.3 Å². The maximum Gasteiger partial charge on any atom is 0.191 e. The highest BCUT2D eigenvalue weighted by atomic mass is 127. The molecule has 0 saturated heterocycles. The van der Waals surface area contributed by atoms with Crippen LogP contribution >= 0.6 is 24.0 Å². The van der Waals surface area contributed by atoms with Gasteiger partial charge in [-0.05, 0) is 18.1 Å². The molecule has 0 heterocycles. The molecule has 130 valence electrons. The number of aliphatic imine (C=N–C) groups is 1. The summed E-state index contributed by atoms with van der Waals surface area (Å²) >= 11 is 0. The monoisotopic (exact) mass is 433 g/mol. The van der Waals surface area contributed by atoms with Crippen molar-refractivity contribution in [3.05, 3.63) is 48.0 Å². The van der Waals surface area contributed by atoms with Gasteiger partial charge in [-0.25, -0.2) is 0 Å². The average molecular weight is 433 g/mol. The van der Waals surface area contributed by atoms with Crippen LogP contribution in [0.15, 0.2) is 41.9 Å². The van der Waals surface area contributed by atoms with Gasteiger partial charge in [-0.2, -0.15) is 0 Å². The summed E-state index contributed by atoms with van der Waals surface area (Å²) < 4.78 is 10.8. The fraction of sp³-hybridized carbons (Fsp3) is 0.471. The Hall–Kier alpha value is -1.12. The molecule has 1 rings (SSSR count). The maximum atomic E-state index is 5.58. The topological polar surface area (TPSA) is 54.9 Å². The summed E-state index contributed by atoms with van der Waals surface area (Å²) in [6.07, 6.45) is 1.80. The molecular weight excluding hydrogens is 405 g/mol. The molecule has 0 aliphatic heterocycles. The number of halogens is 1. The van der Waals surface area contributed by atoms with Crippen LogP contribution in [0.25, 0.3) is 0 Å². The molecule has 0 aromatic heterocycles. The molecule has 0 aliphatic carbocycles. The summed E-state index contributed by atoms with van der Waals surface area (Å²) in [4.78, 5) is 4.15. The minimum atomic E-state index is 0. The van der Waals surface area contributed by atoms with Gasteiger partial charge in [-0.15, -0.1) is 30.6 Å². The Bertz CT molecular complexity index is 467. The third kappa shape index (κ3) is 10.3. The lowest BCUT2D eigenvalue weighted by molar-refractivity contribution is 0.0453. The van der Waals surface area contributed by atoms with Gasteiger partial charge in [0.25, 0.3) is 0 Å². The van der Waals surface area contributed by atoms with Crippen molar-refractivity contribution >= 4 is 29.9 Å². The number of rotatable bonds is 10. The van der Waals surface area contributed by atoms with Crippen LogP contribution in [0.4, 0.5) is 0 Å². The van der Waals surface area contributed by atoms with Crippen LogP contribution in [-0.4, -0.2) is 39.4 Å². The van der Waals surface area contributed by atoms with Crippen molar-refractivity contribution in [1.29, 1.82) is 0 Å². The van der Waals surface area contributed by atoms with E-state index in [1.165, 1.54) is 5.56 Å². The molecule has 0 amide bonds. The van der Waals surface area contributed by atoms with E-state index in [1.54, 1.807) is 13.1 Å². The number of nitrogens with one attached hydrogen (secondary N) is 2. The van der Waals surface area contributed by atoms with Crippen molar-refractivity contribution in [2.24, 2.45) is 4.99 Å². The maximum absolute atomic E-state index is 5.58. The van der Waals surface area contributed by atoms with Crippen LogP contribution < -0.4 is 10.6 Å². The quantitative estimate of drug-likeness (QED) is 0.196. The van der Waals surface area contributed by atoms with Gasteiger partial charge in [0.2, 0.25) is 0 Å². The first kappa shape index (κ1) is 21.9. The van der Waals surface area contributed by atoms with Gasteiger partial charge in [0.1, 0.15) is 0 Å². The summed E-state index contributed by atoms with van der Waals surface area (Å²) in [6.45, 7) is 9.65. The third-order valence-electron chi connectivity index (χ3n) is 2.93. The summed E-state index contributed by atoms with van der Waals surface area (Å²) in [7, 11) is 1.75. The molecule has 0 fully saturated rings. The standard InChI is InChI=1S/C17H27N3O2.HI/c1-4-9-19-17(18-3)20-13-15-7-6-8-16(12-15)14-22-11-10-21-5-2;/h4,6-8,12H,1,5,9-11,13-14H2,2-3H3,(H2,18,19,20);1H. The zero-order valence-corrected chi connectivity index (χ0v) is 16.3. The fourth-order valence-electron chi connectivity index (χ4n) is 1.86. The summed E-state index contributed by atoms with van der Waals surface area (Å²) in [5.41, 5.74) is 2.34. The molecule has 1 aromatic rings. The minimum Gasteiger partial charge on any atom is -0.379 e. The molecule has 0 atom stereocenters. The van der Waals surface area contributed by atoms with Crippen molar-refractivity contribution in [2.75, 3.05) is 33.4 Å². The minimum absolute atomic E-state index is 0. The van der Waals surface area contributed by atoms with Crippen LogP contribution in [0.3, 0.4) is 0 Å². The molecule has 6 heteroatoms.